The summed E-state index contributed by atoms with van der Waals surface area (Å²) in [7, 11) is -3.08. The van der Waals surface area contributed by atoms with Crippen LogP contribution in [0.15, 0.2) is 0 Å². The summed E-state index contributed by atoms with van der Waals surface area (Å²) in [5.41, 5.74) is -0.645. The zero-order valence-corrected chi connectivity index (χ0v) is 16.1. The third-order valence-corrected chi connectivity index (χ3v) is 5.54. The van der Waals surface area contributed by atoms with Gasteiger partial charge in [0.15, 0.2) is 9.84 Å². The maximum atomic E-state index is 12.7. The van der Waals surface area contributed by atoms with E-state index < -0.39 is 27.6 Å². The quantitative estimate of drug-likeness (QED) is 0.776. The van der Waals surface area contributed by atoms with Gasteiger partial charge in [-0.15, -0.1) is 0 Å². The van der Waals surface area contributed by atoms with Crippen LogP contribution in [0, 0.1) is 0 Å². The van der Waals surface area contributed by atoms with Crippen LogP contribution in [0.4, 0.5) is 4.79 Å². The van der Waals surface area contributed by atoms with Crippen molar-refractivity contribution in [1.82, 2.24) is 10.2 Å². The Morgan fingerprint density at radius 1 is 1.33 bits per heavy atom. The molecule has 1 aliphatic heterocycles. The van der Waals surface area contributed by atoms with E-state index >= 15 is 0 Å². The van der Waals surface area contributed by atoms with E-state index in [1.165, 1.54) is 0 Å². The number of alkyl carbamates (subject to hydrolysis) is 1. The third kappa shape index (κ3) is 6.67. The zero-order chi connectivity index (χ0) is 18.5. The van der Waals surface area contributed by atoms with E-state index in [-0.39, 0.29) is 23.5 Å². The van der Waals surface area contributed by atoms with Gasteiger partial charge >= 0.3 is 6.09 Å². The minimum absolute atomic E-state index is 0.00160. The van der Waals surface area contributed by atoms with Crippen molar-refractivity contribution in [1.29, 1.82) is 0 Å². The van der Waals surface area contributed by atoms with Gasteiger partial charge in [-0.3, -0.25) is 4.79 Å². The fraction of sp³-hybridized carbons (Fsp3) is 0.875. The smallest absolute Gasteiger partial charge is 0.408 e. The predicted molar refractivity (Wildman–Crippen MR) is 92.5 cm³/mol. The fourth-order valence-electron chi connectivity index (χ4n) is 2.62. The van der Waals surface area contributed by atoms with Gasteiger partial charge in [-0.2, -0.15) is 0 Å². The van der Waals surface area contributed by atoms with Crippen molar-refractivity contribution in [2.45, 2.75) is 71.6 Å². The molecule has 140 valence electrons. The molecule has 24 heavy (non-hydrogen) atoms. The minimum atomic E-state index is -3.08. The second-order valence-corrected chi connectivity index (χ2v) is 9.54. The molecule has 0 bridgehead atoms. The summed E-state index contributed by atoms with van der Waals surface area (Å²) in [6.07, 6.45) is 1.49. The van der Waals surface area contributed by atoms with Crippen molar-refractivity contribution < 1.29 is 22.7 Å². The van der Waals surface area contributed by atoms with Gasteiger partial charge in [0, 0.05) is 12.6 Å². The molecule has 0 aromatic carbocycles. The molecule has 0 aliphatic carbocycles. The van der Waals surface area contributed by atoms with E-state index in [9.17, 15) is 18.0 Å². The fourth-order valence-corrected chi connectivity index (χ4v) is 4.35. The van der Waals surface area contributed by atoms with Crippen molar-refractivity contribution in [3.05, 3.63) is 0 Å². The highest BCUT2D eigenvalue weighted by Gasteiger charge is 2.36. The Kier molecular flexibility index (Phi) is 7.07. The molecular formula is C16H30N2O5S. The van der Waals surface area contributed by atoms with E-state index in [1.807, 2.05) is 6.92 Å². The number of nitrogens with zero attached hydrogens (tertiary/aromatic N) is 1. The highest BCUT2D eigenvalue weighted by atomic mass is 32.2. The lowest BCUT2D eigenvalue weighted by atomic mass is 10.1. The Bertz CT molecular complexity index is 553. The van der Waals surface area contributed by atoms with Crippen LogP contribution < -0.4 is 5.32 Å². The molecule has 0 spiro atoms. The number of rotatable bonds is 6. The summed E-state index contributed by atoms with van der Waals surface area (Å²) in [6.45, 7) is 9.34. The maximum absolute atomic E-state index is 12.7. The van der Waals surface area contributed by atoms with Crippen LogP contribution in [0.3, 0.4) is 0 Å². The molecule has 1 heterocycles. The van der Waals surface area contributed by atoms with Gasteiger partial charge in [0.2, 0.25) is 5.91 Å². The average molecular weight is 362 g/mol. The Morgan fingerprint density at radius 3 is 2.42 bits per heavy atom. The lowest BCUT2D eigenvalue weighted by Crippen LogP contribution is -2.52. The molecule has 1 N–H and O–H groups in total. The van der Waals surface area contributed by atoms with Crippen molar-refractivity contribution in [3.63, 3.8) is 0 Å². The SMILES string of the molecule is CCCCN(C(=O)C(C)NC(=O)OC(C)(C)C)C1CCS(=O)(=O)C1. The van der Waals surface area contributed by atoms with E-state index in [2.05, 4.69) is 5.32 Å². The van der Waals surface area contributed by atoms with Crippen LogP contribution in [-0.4, -0.2) is 61.1 Å². The first-order valence-corrected chi connectivity index (χ1v) is 10.3. The molecule has 0 radical (unpaired) electrons. The van der Waals surface area contributed by atoms with Gasteiger partial charge in [0.25, 0.3) is 0 Å². The summed E-state index contributed by atoms with van der Waals surface area (Å²) >= 11 is 0. The van der Waals surface area contributed by atoms with E-state index in [1.54, 1.807) is 32.6 Å². The van der Waals surface area contributed by atoms with Crippen LogP contribution in [0.1, 0.15) is 53.9 Å². The number of carbonyl (C=O) groups excluding carboxylic acids is 2. The summed E-state index contributed by atoms with van der Waals surface area (Å²) in [5.74, 6) is -0.153. The molecule has 8 heteroatoms. The largest absolute Gasteiger partial charge is 0.444 e. The number of hydrogen-bond donors (Lipinski definition) is 1. The second kappa shape index (κ2) is 8.18. The number of carbonyl (C=O) groups is 2. The van der Waals surface area contributed by atoms with Crippen molar-refractivity contribution in [2.24, 2.45) is 0 Å². The van der Waals surface area contributed by atoms with Crippen molar-refractivity contribution in [3.8, 4) is 0 Å². The topological polar surface area (TPSA) is 92.8 Å². The first-order chi connectivity index (χ1) is 10.9. The Morgan fingerprint density at radius 2 is 1.96 bits per heavy atom. The van der Waals surface area contributed by atoms with Gasteiger partial charge in [-0.1, -0.05) is 13.3 Å². The monoisotopic (exact) mass is 362 g/mol. The van der Waals surface area contributed by atoms with Crippen LogP contribution in [0.25, 0.3) is 0 Å². The van der Waals surface area contributed by atoms with Gasteiger partial charge in [0.05, 0.1) is 11.5 Å². The van der Waals surface area contributed by atoms with Gasteiger partial charge in [-0.25, -0.2) is 13.2 Å². The standard InChI is InChI=1S/C16H30N2O5S/c1-6-7-9-18(13-8-10-24(21,22)11-13)14(19)12(2)17-15(20)23-16(3,4)5/h12-13H,6-11H2,1-5H3,(H,17,20). The Labute approximate surface area is 145 Å². The lowest BCUT2D eigenvalue weighted by Gasteiger charge is -2.31. The van der Waals surface area contributed by atoms with Crippen LogP contribution in [0.2, 0.25) is 0 Å². The highest BCUT2D eigenvalue weighted by Crippen LogP contribution is 2.19. The molecule has 2 unspecified atom stereocenters. The third-order valence-electron chi connectivity index (χ3n) is 3.79. The minimum Gasteiger partial charge on any atom is -0.444 e. The molecule has 1 aliphatic rings. The van der Waals surface area contributed by atoms with Crippen molar-refractivity contribution >= 4 is 21.8 Å². The number of unbranched alkanes of at least 4 members (excludes halogenated alkanes) is 1. The molecule has 2 atom stereocenters. The van der Waals surface area contributed by atoms with E-state index in [0.717, 1.165) is 12.8 Å². The first kappa shape index (κ1) is 20.7. The molecule has 0 saturated carbocycles. The number of hydrogen-bond acceptors (Lipinski definition) is 5. The molecule has 0 aromatic rings. The van der Waals surface area contributed by atoms with Crippen LogP contribution in [0.5, 0.6) is 0 Å². The molecule has 0 aromatic heterocycles. The van der Waals surface area contributed by atoms with Crippen LogP contribution >= 0.6 is 0 Å². The molecule has 1 saturated heterocycles. The number of ether oxygens (including phenoxy) is 1. The molecular weight excluding hydrogens is 332 g/mol. The first-order valence-electron chi connectivity index (χ1n) is 8.45. The summed E-state index contributed by atoms with van der Waals surface area (Å²) in [5, 5.41) is 2.54. The highest BCUT2D eigenvalue weighted by molar-refractivity contribution is 7.91. The summed E-state index contributed by atoms with van der Waals surface area (Å²) < 4.78 is 28.6. The lowest BCUT2D eigenvalue weighted by molar-refractivity contribution is -0.135. The number of sulfone groups is 1. The maximum Gasteiger partial charge on any atom is 0.408 e. The molecule has 1 rings (SSSR count). The Hall–Kier alpha value is -1.31. The van der Waals surface area contributed by atoms with E-state index in [0.29, 0.717) is 13.0 Å². The zero-order valence-electron chi connectivity index (χ0n) is 15.3. The van der Waals surface area contributed by atoms with Crippen molar-refractivity contribution in [2.75, 3.05) is 18.1 Å². The van der Waals surface area contributed by atoms with E-state index in [4.69, 9.17) is 4.74 Å². The van der Waals surface area contributed by atoms with Gasteiger partial charge in [0.1, 0.15) is 11.6 Å². The summed E-state index contributed by atoms with van der Waals surface area (Å²) in [6, 6.07) is -1.07. The molecule has 7 nitrogen and oxygen atoms in total. The van der Waals surface area contributed by atoms with Gasteiger partial charge in [-0.05, 0) is 40.5 Å². The average Bonchev–Trinajstić information content (AvgIpc) is 2.76. The molecule has 1 fully saturated rings. The summed E-state index contributed by atoms with van der Waals surface area (Å²) in [4.78, 5) is 26.2. The normalized spacial score (nSPS) is 21.1. The second-order valence-electron chi connectivity index (χ2n) is 7.31. The predicted octanol–water partition coefficient (Wildman–Crippen LogP) is 1.72. The Balaban J connectivity index is 2.74. The van der Waals surface area contributed by atoms with Crippen LogP contribution in [-0.2, 0) is 19.4 Å². The number of amides is 2. The number of nitrogens with one attached hydrogen (secondary N) is 1. The van der Waals surface area contributed by atoms with Gasteiger partial charge < -0.3 is 15.0 Å². The molecule has 2 amide bonds.